The van der Waals surface area contributed by atoms with Gasteiger partial charge in [0, 0.05) is 56.9 Å². The first-order valence-electron chi connectivity index (χ1n) is 11.3. The molecular formula is C24H27N5O4S. The van der Waals surface area contributed by atoms with E-state index in [1.807, 2.05) is 9.80 Å². The molecular weight excluding hydrogens is 454 g/mol. The Labute approximate surface area is 199 Å². The molecule has 0 bridgehead atoms. The Bertz CT molecular complexity index is 1210. The van der Waals surface area contributed by atoms with E-state index in [0.717, 1.165) is 0 Å². The summed E-state index contributed by atoms with van der Waals surface area (Å²) in [6.45, 7) is 4.29. The zero-order valence-electron chi connectivity index (χ0n) is 19.1. The summed E-state index contributed by atoms with van der Waals surface area (Å²) in [7, 11) is -3.67. The standard InChI is InChI=1S/C24H27N5O4S/c1-18(30)19-4-6-22(7-5-19)34(32,33)29-11-8-20(9-12-29)24(31)28-15-13-27(14-16-28)23-21(17-25)3-2-10-26-23/h2-7,10,20H,8-9,11-16H2,1H3. The molecule has 3 heterocycles. The second-order valence-corrected chi connectivity index (χ2v) is 10.5. The van der Waals surface area contributed by atoms with Crippen molar-refractivity contribution in [1.29, 1.82) is 5.26 Å². The highest BCUT2D eigenvalue weighted by Gasteiger charge is 2.35. The second kappa shape index (κ2) is 9.91. The molecule has 34 heavy (non-hydrogen) atoms. The van der Waals surface area contributed by atoms with Crippen LogP contribution in [0.1, 0.15) is 35.7 Å². The average molecular weight is 482 g/mol. The van der Waals surface area contributed by atoms with Crippen LogP contribution in [-0.4, -0.2) is 73.6 Å². The Hall–Kier alpha value is -3.29. The van der Waals surface area contributed by atoms with Crippen LogP contribution in [0.2, 0.25) is 0 Å². The number of pyridine rings is 1. The van der Waals surface area contributed by atoms with Gasteiger partial charge in [-0.3, -0.25) is 9.59 Å². The van der Waals surface area contributed by atoms with Gasteiger partial charge in [0.2, 0.25) is 15.9 Å². The normalized spacial score (nSPS) is 17.9. The van der Waals surface area contributed by atoms with Gasteiger partial charge < -0.3 is 9.80 Å². The van der Waals surface area contributed by atoms with Crippen LogP contribution in [0.15, 0.2) is 47.5 Å². The van der Waals surface area contributed by atoms with Gasteiger partial charge in [0.05, 0.1) is 10.5 Å². The van der Waals surface area contributed by atoms with E-state index in [1.165, 1.54) is 35.5 Å². The minimum atomic E-state index is -3.67. The molecule has 9 nitrogen and oxygen atoms in total. The number of sulfonamides is 1. The van der Waals surface area contributed by atoms with Gasteiger partial charge in [0.25, 0.3) is 0 Å². The number of rotatable bonds is 5. The first kappa shape index (κ1) is 23.9. The minimum Gasteiger partial charge on any atom is -0.352 e. The summed E-state index contributed by atoms with van der Waals surface area (Å²) in [5.41, 5.74) is 0.988. The van der Waals surface area contributed by atoms with Gasteiger partial charge in [0.15, 0.2) is 5.78 Å². The number of ketones is 1. The van der Waals surface area contributed by atoms with Gasteiger partial charge in [-0.25, -0.2) is 13.4 Å². The number of Topliss-reactive ketones (excluding diaryl/α,β-unsaturated/α-hetero) is 1. The Morgan fingerprint density at radius 2 is 1.65 bits per heavy atom. The summed E-state index contributed by atoms with van der Waals surface area (Å²) in [6.07, 6.45) is 2.61. The number of carbonyl (C=O) groups excluding carboxylic acids is 2. The van der Waals surface area contributed by atoms with Crippen LogP contribution in [0.3, 0.4) is 0 Å². The van der Waals surface area contributed by atoms with Crippen LogP contribution < -0.4 is 4.90 Å². The predicted octanol–water partition coefficient (Wildman–Crippen LogP) is 1.91. The molecule has 1 amide bonds. The number of carbonyl (C=O) groups is 2. The number of piperazine rings is 1. The lowest BCUT2D eigenvalue weighted by Gasteiger charge is -2.38. The van der Waals surface area contributed by atoms with E-state index in [2.05, 4.69) is 11.1 Å². The first-order valence-corrected chi connectivity index (χ1v) is 12.8. The lowest BCUT2D eigenvalue weighted by molar-refractivity contribution is -0.137. The molecule has 2 aliphatic rings. The van der Waals surface area contributed by atoms with Gasteiger partial charge in [-0.05, 0) is 44.0 Å². The van der Waals surface area contributed by atoms with Crippen molar-refractivity contribution in [3.05, 3.63) is 53.7 Å². The highest BCUT2D eigenvalue weighted by atomic mass is 32.2. The molecule has 2 saturated heterocycles. The van der Waals surface area contributed by atoms with Crippen LogP contribution in [0.4, 0.5) is 5.82 Å². The van der Waals surface area contributed by atoms with Crippen molar-refractivity contribution in [2.75, 3.05) is 44.2 Å². The summed E-state index contributed by atoms with van der Waals surface area (Å²) in [6, 6.07) is 11.6. The third-order valence-electron chi connectivity index (χ3n) is 6.50. The van der Waals surface area contributed by atoms with E-state index >= 15 is 0 Å². The zero-order valence-corrected chi connectivity index (χ0v) is 19.9. The van der Waals surface area contributed by atoms with E-state index in [4.69, 9.17) is 0 Å². The SMILES string of the molecule is CC(=O)c1ccc(S(=O)(=O)N2CCC(C(=O)N3CCN(c4ncccc4C#N)CC3)CC2)cc1. The average Bonchev–Trinajstić information content (AvgIpc) is 2.88. The lowest BCUT2D eigenvalue weighted by atomic mass is 9.96. The molecule has 0 atom stereocenters. The number of hydrogen-bond donors (Lipinski definition) is 0. The summed E-state index contributed by atoms with van der Waals surface area (Å²) in [4.78, 5) is 32.9. The maximum Gasteiger partial charge on any atom is 0.243 e. The fourth-order valence-electron chi connectivity index (χ4n) is 4.49. The molecule has 2 fully saturated rings. The largest absolute Gasteiger partial charge is 0.352 e. The van der Waals surface area contributed by atoms with Crippen molar-refractivity contribution in [3.63, 3.8) is 0 Å². The number of amides is 1. The van der Waals surface area contributed by atoms with E-state index < -0.39 is 10.0 Å². The summed E-state index contributed by atoms with van der Waals surface area (Å²) < 4.78 is 27.4. The van der Waals surface area contributed by atoms with Crippen LogP contribution in [0.25, 0.3) is 0 Å². The van der Waals surface area contributed by atoms with Crippen LogP contribution in [-0.2, 0) is 14.8 Å². The van der Waals surface area contributed by atoms with Crippen LogP contribution in [0, 0.1) is 17.2 Å². The van der Waals surface area contributed by atoms with Crippen molar-refractivity contribution in [2.45, 2.75) is 24.7 Å². The second-order valence-electron chi connectivity index (χ2n) is 8.56. The molecule has 2 aliphatic heterocycles. The maximum atomic E-state index is 13.1. The third-order valence-corrected chi connectivity index (χ3v) is 8.41. The fourth-order valence-corrected chi connectivity index (χ4v) is 5.96. The molecule has 1 aromatic heterocycles. The monoisotopic (exact) mass is 481 g/mol. The van der Waals surface area contributed by atoms with Crippen molar-refractivity contribution in [3.8, 4) is 6.07 Å². The summed E-state index contributed by atoms with van der Waals surface area (Å²) >= 11 is 0. The Kier molecular flexibility index (Phi) is 6.95. The summed E-state index contributed by atoms with van der Waals surface area (Å²) in [5.74, 6) is 0.383. The molecule has 0 radical (unpaired) electrons. The molecule has 0 unspecified atom stereocenters. The summed E-state index contributed by atoms with van der Waals surface area (Å²) in [5, 5.41) is 9.30. The maximum absolute atomic E-state index is 13.1. The molecule has 0 saturated carbocycles. The van der Waals surface area contributed by atoms with Crippen molar-refractivity contribution < 1.29 is 18.0 Å². The van der Waals surface area contributed by atoms with Crippen LogP contribution in [0.5, 0.6) is 0 Å². The number of aromatic nitrogens is 1. The van der Waals surface area contributed by atoms with Crippen molar-refractivity contribution >= 4 is 27.5 Å². The molecule has 0 spiro atoms. The number of piperidine rings is 1. The smallest absolute Gasteiger partial charge is 0.243 e. The first-order chi connectivity index (χ1) is 16.3. The van der Waals surface area contributed by atoms with E-state index in [-0.39, 0.29) is 35.6 Å². The molecule has 0 N–H and O–H groups in total. The van der Waals surface area contributed by atoms with Gasteiger partial charge in [-0.1, -0.05) is 12.1 Å². The number of hydrogen-bond acceptors (Lipinski definition) is 7. The molecule has 0 aliphatic carbocycles. The van der Waals surface area contributed by atoms with Gasteiger partial charge >= 0.3 is 0 Å². The Morgan fingerprint density at radius 1 is 1.00 bits per heavy atom. The third kappa shape index (κ3) is 4.81. The zero-order chi connectivity index (χ0) is 24.3. The highest BCUT2D eigenvalue weighted by Crippen LogP contribution is 2.26. The van der Waals surface area contributed by atoms with E-state index in [1.54, 1.807) is 18.3 Å². The number of benzene rings is 1. The number of anilines is 1. The number of nitriles is 1. The Balaban J connectivity index is 1.32. The lowest BCUT2D eigenvalue weighted by Crippen LogP contribution is -2.52. The van der Waals surface area contributed by atoms with Crippen molar-refractivity contribution in [2.24, 2.45) is 5.92 Å². The van der Waals surface area contributed by atoms with Crippen molar-refractivity contribution in [1.82, 2.24) is 14.2 Å². The number of nitrogens with zero attached hydrogens (tertiary/aromatic N) is 5. The molecule has 4 rings (SSSR count). The van der Waals surface area contributed by atoms with E-state index in [0.29, 0.717) is 56.0 Å². The van der Waals surface area contributed by atoms with Crippen LogP contribution >= 0.6 is 0 Å². The minimum absolute atomic E-state index is 0.0593. The fraction of sp³-hybridized carbons (Fsp3) is 0.417. The molecule has 178 valence electrons. The molecule has 2 aromatic rings. The molecule has 10 heteroatoms. The van der Waals surface area contributed by atoms with Gasteiger partial charge in [-0.2, -0.15) is 9.57 Å². The highest BCUT2D eigenvalue weighted by molar-refractivity contribution is 7.89. The van der Waals surface area contributed by atoms with Gasteiger partial charge in [-0.15, -0.1) is 0 Å². The van der Waals surface area contributed by atoms with Gasteiger partial charge in [0.1, 0.15) is 11.9 Å². The predicted molar refractivity (Wildman–Crippen MR) is 126 cm³/mol. The Morgan fingerprint density at radius 3 is 2.24 bits per heavy atom. The molecule has 1 aromatic carbocycles. The van der Waals surface area contributed by atoms with E-state index in [9.17, 15) is 23.3 Å². The quantitative estimate of drug-likeness (QED) is 0.599. The topological polar surface area (TPSA) is 115 Å².